The molecule has 0 aromatic carbocycles. The summed E-state index contributed by atoms with van der Waals surface area (Å²) in [5.74, 6) is 0. The lowest BCUT2D eigenvalue weighted by molar-refractivity contribution is -0.128. The fourth-order valence-electron chi connectivity index (χ4n) is 1.55. The first-order valence-corrected chi connectivity index (χ1v) is 5.53. The van der Waals surface area contributed by atoms with E-state index in [4.69, 9.17) is 9.47 Å². The van der Waals surface area contributed by atoms with Crippen LogP contribution in [0, 0.1) is 0 Å². The Morgan fingerprint density at radius 3 is 2.86 bits per heavy atom. The van der Waals surface area contributed by atoms with Gasteiger partial charge in [-0.05, 0) is 27.2 Å². The second-order valence-corrected chi connectivity index (χ2v) is 4.68. The van der Waals surface area contributed by atoms with Crippen LogP contribution < -0.4 is 5.32 Å². The Kier molecular flexibility index (Phi) is 4.35. The molecule has 0 aromatic rings. The zero-order valence-electron chi connectivity index (χ0n) is 9.80. The van der Waals surface area contributed by atoms with E-state index in [1.165, 1.54) is 0 Å². The quantitative estimate of drug-likeness (QED) is 0.749. The lowest BCUT2D eigenvalue weighted by Gasteiger charge is -2.36. The maximum Gasteiger partial charge on any atom is 0.0940 e. The van der Waals surface area contributed by atoms with E-state index in [1.54, 1.807) is 0 Å². The third kappa shape index (κ3) is 3.95. The summed E-state index contributed by atoms with van der Waals surface area (Å²) < 4.78 is 11.5. The highest BCUT2D eigenvalue weighted by molar-refractivity contribution is 4.81. The Morgan fingerprint density at radius 2 is 2.29 bits per heavy atom. The van der Waals surface area contributed by atoms with E-state index in [0.717, 1.165) is 19.5 Å². The van der Waals surface area contributed by atoms with Gasteiger partial charge < -0.3 is 14.8 Å². The summed E-state index contributed by atoms with van der Waals surface area (Å²) in [5, 5.41) is 3.36. The standard InChI is InChI=1S/C11H23NO2/c1-5-9(2)13-7-10-6-12-8-11(3,4)14-10/h9-10,12H,5-8H2,1-4H3. The lowest BCUT2D eigenvalue weighted by atomic mass is 10.1. The molecular weight excluding hydrogens is 178 g/mol. The molecule has 0 aromatic heterocycles. The molecule has 2 atom stereocenters. The molecule has 1 aliphatic rings. The van der Waals surface area contributed by atoms with Crippen molar-refractivity contribution in [3.63, 3.8) is 0 Å². The van der Waals surface area contributed by atoms with Crippen molar-refractivity contribution in [2.24, 2.45) is 0 Å². The molecule has 84 valence electrons. The molecule has 14 heavy (non-hydrogen) atoms. The summed E-state index contributed by atoms with van der Waals surface area (Å²) in [6, 6.07) is 0. The van der Waals surface area contributed by atoms with Crippen molar-refractivity contribution < 1.29 is 9.47 Å². The third-order valence-electron chi connectivity index (χ3n) is 2.55. The van der Waals surface area contributed by atoms with Gasteiger partial charge in [0, 0.05) is 13.1 Å². The second kappa shape index (κ2) is 5.10. The molecule has 1 aliphatic heterocycles. The van der Waals surface area contributed by atoms with Gasteiger partial charge in [-0.1, -0.05) is 6.92 Å². The Labute approximate surface area is 87.2 Å². The summed E-state index contributed by atoms with van der Waals surface area (Å²) in [7, 11) is 0. The van der Waals surface area contributed by atoms with Gasteiger partial charge in [0.1, 0.15) is 0 Å². The van der Waals surface area contributed by atoms with Crippen LogP contribution >= 0.6 is 0 Å². The van der Waals surface area contributed by atoms with Crippen LogP contribution in [0.2, 0.25) is 0 Å². The maximum absolute atomic E-state index is 5.88. The molecule has 3 nitrogen and oxygen atoms in total. The van der Waals surface area contributed by atoms with E-state index in [1.807, 2.05) is 0 Å². The van der Waals surface area contributed by atoms with E-state index in [-0.39, 0.29) is 11.7 Å². The van der Waals surface area contributed by atoms with Crippen LogP contribution in [0.5, 0.6) is 0 Å². The van der Waals surface area contributed by atoms with E-state index in [2.05, 4.69) is 33.0 Å². The Hall–Kier alpha value is -0.120. The minimum absolute atomic E-state index is 0.0538. The van der Waals surface area contributed by atoms with Crippen LogP contribution in [-0.2, 0) is 9.47 Å². The number of hydrogen-bond donors (Lipinski definition) is 1. The van der Waals surface area contributed by atoms with Crippen molar-refractivity contribution in [3.05, 3.63) is 0 Å². The molecule has 0 bridgehead atoms. The number of ether oxygens (including phenoxy) is 2. The van der Waals surface area contributed by atoms with Gasteiger partial charge >= 0.3 is 0 Å². The minimum atomic E-state index is -0.0538. The smallest absolute Gasteiger partial charge is 0.0940 e. The first kappa shape index (κ1) is 12.0. The first-order valence-electron chi connectivity index (χ1n) is 5.53. The zero-order chi connectivity index (χ0) is 10.6. The molecule has 3 heteroatoms. The lowest BCUT2D eigenvalue weighted by Crippen LogP contribution is -2.52. The second-order valence-electron chi connectivity index (χ2n) is 4.68. The van der Waals surface area contributed by atoms with E-state index in [0.29, 0.717) is 12.7 Å². The third-order valence-corrected chi connectivity index (χ3v) is 2.55. The number of nitrogens with one attached hydrogen (secondary N) is 1. The van der Waals surface area contributed by atoms with Gasteiger partial charge in [-0.15, -0.1) is 0 Å². The van der Waals surface area contributed by atoms with E-state index >= 15 is 0 Å². The fourth-order valence-corrected chi connectivity index (χ4v) is 1.55. The first-order chi connectivity index (χ1) is 6.53. The van der Waals surface area contributed by atoms with Gasteiger partial charge in [0.2, 0.25) is 0 Å². The highest BCUT2D eigenvalue weighted by Gasteiger charge is 2.28. The summed E-state index contributed by atoms with van der Waals surface area (Å²) >= 11 is 0. The van der Waals surface area contributed by atoms with Crippen LogP contribution in [0.25, 0.3) is 0 Å². The summed E-state index contributed by atoms with van der Waals surface area (Å²) in [4.78, 5) is 0. The fraction of sp³-hybridized carbons (Fsp3) is 1.00. The summed E-state index contributed by atoms with van der Waals surface area (Å²) in [6.07, 6.45) is 1.60. The Bertz CT molecular complexity index is 171. The highest BCUT2D eigenvalue weighted by atomic mass is 16.6. The number of hydrogen-bond acceptors (Lipinski definition) is 3. The van der Waals surface area contributed by atoms with Crippen molar-refractivity contribution in [2.45, 2.75) is 51.9 Å². The van der Waals surface area contributed by atoms with Crippen LogP contribution in [-0.4, -0.2) is 37.5 Å². The van der Waals surface area contributed by atoms with E-state index in [9.17, 15) is 0 Å². The van der Waals surface area contributed by atoms with Crippen molar-refractivity contribution >= 4 is 0 Å². The largest absolute Gasteiger partial charge is 0.376 e. The topological polar surface area (TPSA) is 30.5 Å². The van der Waals surface area contributed by atoms with Gasteiger partial charge in [-0.3, -0.25) is 0 Å². The number of morpholine rings is 1. The zero-order valence-corrected chi connectivity index (χ0v) is 9.80. The molecule has 0 saturated carbocycles. The van der Waals surface area contributed by atoms with Crippen molar-refractivity contribution in [3.8, 4) is 0 Å². The molecule has 1 heterocycles. The van der Waals surface area contributed by atoms with Crippen LogP contribution in [0.1, 0.15) is 34.1 Å². The van der Waals surface area contributed by atoms with Crippen LogP contribution in [0.4, 0.5) is 0 Å². The molecule has 2 unspecified atom stereocenters. The van der Waals surface area contributed by atoms with Crippen molar-refractivity contribution in [2.75, 3.05) is 19.7 Å². The van der Waals surface area contributed by atoms with E-state index < -0.39 is 0 Å². The highest BCUT2D eigenvalue weighted by Crippen LogP contribution is 2.15. The van der Waals surface area contributed by atoms with Gasteiger partial charge in [0.15, 0.2) is 0 Å². The minimum Gasteiger partial charge on any atom is -0.376 e. The molecule has 0 radical (unpaired) electrons. The van der Waals surface area contributed by atoms with Gasteiger partial charge in [0.05, 0.1) is 24.4 Å². The molecule has 1 fully saturated rings. The van der Waals surface area contributed by atoms with Gasteiger partial charge in [-0.2, -0.15) is 0 Å². The van der Waals surface area contributed by atoms with Crippen molar-refractivity contribution in [1.29, 1.82) is 0 Å². The predicted molar refractivity (Wildman–Crippen MR) is 57.5 cm³/mol. The van der Waals surface area contributed by atoms with Crippen molar-refractivity contribution in [1.82, 2.24) is 5.32 Å². The summed E-state index contributed by atoms with van der Waals surface area (Å²) in [5.41, 5.74) is -0.0538. The molecule has 1 saturated heterocycles. The molecule has 0 amide bonds. The molecule has 1 N–H and O–H groups in total. The molecule has 1 rings (SSSR count). The number of rotatable bonds is 4. The molecule has 0 aliphatic carbocycles. The summed E-state index contributed by atoms with van der Waals surface area (Å²) in [6.45, 7) is 11.0. The maximum atomic E-state index is 5.88. The monoisotopic (exact) mass is 201 g/mol. The average Bonchev–Trinajstić information content (AvgIpc) is 2.12. The Balaban J connectivity index is 2.24. The predicted octanol–water partition coefficient (Wildman–Crippen LogP) is 1.57. The van der Waals surface area contributed by atoms with Crippen LogP contribution in [0.15, 0.2) is 0 Å². The Morgan fingerprint density at radius 1 is 1.57 bits per heavy atom. The molecule has 0 spiro atoms. The average molecular weight is 201 g/mol. The van der Waals surface area contributed by atoms with Gasteiger partial charge in [0.25, 0.3) is 0 Å². The normalized spacial score (nSPS) is 28.7. The SMILES string of the molecule is CCC(C)OCC1CNCC(C)(C)O1. The van der Waals surface area contributed by atoms with Crippen LogP contribution in [0.3, 0.4) is 0 Å². The van der Waals surface area contributed by atoms with Gasteiger partial charge in [-0.25, -0.2) is 0 Å². The molecular formula is C11H23NO2.